The van der Waals surface area contributed by atoms with Crippen LogP contribution in [-0.4, -0.2) is 26.6 Å². The van der Waals surface area contributed by atoms with Gasteiger partial charge in [-0.2, -0.15) is 5.10 Å². The Bertz CT molecular complexity index is 1190. The molecule has 1 aliphatic heterocycles. The van der Waals surface area contributed by atoms with Gasteiger partial charge in [0.25, 0.3) is 5.56 Å². The first-order chi connectivity index (χ1) is 13.9. The van der Waals surface area contributed by atoms with Gasteiger partial charge in [-0.3, -0.25) is 14.6 Å². The molecular weight excluding hydrogens is 364 g/mol. The average Bonchev–Trinajstić information content (AvgIpc) is 3.14. The summed E-state index contributed by atoms with van der Waals surface area (Å²) in [5.74, 6) is -0.0551. The number of benzene rings is 1. The number of aryl methyl sites for hydroxylation is 3. The fraction of sp³-hybridized carbons (Fsp3) is 0.304. The van der Waals surface area contributed by atoms with Gasteiger partial charge in [0.05, 0.1) is 28.5 Å². The van der Waals surface area contributed by atoms with Crippen molar-refractivity contribution in [3.05, 3.63) is 74.8 Å². The molecule has 1 N–H and O–H groups in total. The lowest BCUT2D eigenvalue weighted by Crippen LogP contribution is -2.26. The summed E-state index contributed by atoms with van der Waals surface area (Å²) in [5.41, 5.74) is 5.56. The molecule has 1 amide bonds. The monoisotopic (exact) mass is 388 g/mol. The molecule has 6 heteroatoms. The Balaban J connectivity index is 1.84. The largest absolute Gasteiger partial charge is 0.320 e. The van der Waals surface area contributed by atoms with Gasteiger partial charge in [0.2, 0.25) is 5.91 Å². The van der Waals surface area contributed by atoms with E-state index in [2.05, 4.69) is 15.1 Å². The van der Waals surface area contributed by atoms with Crippen LogP contribution < -0.4 is 5.56 Å². The van der Waals surface area contributed by atoms with Gasteiger partial charge in [0.1, 0.15) is 0 Å². The lowest BCUT2D eigenvalue weighted by atomic mass is 9.95. The standard InChI is InChI=1S/C23H24N4O2/c1-5-20(28)27-19(16-8-6-13(2)7-9-16)12-18(26-27)21-14(3)17-10-11-24-15(4)22(17)25-23(21)29/h6-11,19H,5,12H2,1-4H3,(H,25,29)/t19-/m1/s1. The normalized spacial score (nSPS) is 16.3. The molecule has 1 aromatic carbocycles. The summed E-state index contributed by atoms with van der Waals surface area (Å²) in [6.45, 7) is 7.66. The van der Waals surface area contributed by atoms with Gasteiger partial charge in [-0.05, 0) is 38.0 Å². The van der Waals surface area contributed by atoms with Crippen molar-refractivity contribution in [2.45, 2.75) is 46.6 Å². The van der Waals surface area contributed by atoms with E-state index in [1.54, 1.807) is 11.2 Å². The summed E-state index contributed by atoms with van der Waals surface area (Å²) in [6, 6.07) is 9.82. The topological polar surface area (TPSA) is 78.4 Å². The molecule has 0 unspecified atom stereocenters. The summed E-state index contributed by atoms with van der Waals surface area (Å²) in [5, 5.41) is 7.11. The van der Waals surface area contributed by atoms with Crippen molar-refractivity contribution >= 4 is 22.5 Å². The molecule has 0 radical (unpaired) electrons. The van der Waals surface area contributed by atoms with E-state index in [-0.39, 0.29) is 17.5 Å². The predicted molar refractivity (Wildman–Crippen MR) is 114 cm³/mol. The van der Waals surface area contributed by atoms with E-state index < -0.39 is 0 Å². The highest BCUT2D eigenvalue weighted by Gasteiger charge is 2.34. The number of carbonyl (C=O) groups is 1. The van der Waals surface area contributed by atoms with Crippen molar-refractivity contribution in [1.29, 1.82) is 0 Å². The molecule has 0 saturated carbocycles. The summed E-state index contributed by atoms with van der Waals surface area (Å²) in [4.78, 5) is 32.8. The minimum atomic E-state index is -0.202. The number of fused-ring (bicyclic) bond motifs is 1. The van der Waals surface area contributed by atoms with Crippen molar-refractivity contribution < 1.29 is 4.79 Å². The van der Waals surface area contributed by atoms with Crippen LogP contribution in [0.5, 0.6) is 0 Å². The van der Waals surface area contributed by atoms with Crippen molar-refractivity contribution in [2.75, 3.05) is 0 Å². The SMILES string of the molecule is CCC(=O)N1N=C(c2c(C)c3ccnc(C)c3[nH]c2=O)C[C@@H]1c1ccc(C)cc1. The Morgan fingerprint density at radius 1 is 1.17 bits per heavy atom. The van der Waals surface area contributed by atoms with Gasteiger partial charge in [0, 0.05) is 24.4 Å². The molecule has 3 aromatic rings. The first-order valence-electron chi connectivity index (χ1n) is 9.85. The van der Waals surface area contributed by atoms with E-state index in [1.165, 1.54) is 0 Å². The minimum absolute atomic E-state index is 0.0551. The van der Waals surface area contributed by atoms with Crippen LogP contribution in [0.3, 0.4) is 0 Å². The molecule has 0 saturated heterocycles. The van der Waals surface area contributed by atoms with Crippen molar-refractivity contribution in [2.24, 2.45) is 5.10 Å². The van der Waals surface area contributed by atoms with Crippen LogP contribution in [0.15, 0.2) is 46.4 Å². The molecule has 0 aliphatic carbocycles. The maximum absolute atomic E-state index is 13.0. The molecule has 2 aromatic heterocycles. The lowest BCUT2D eigenvalue weighted by Gasteiger charge is -2.21. The second kappa shape index (κ2) is 7.28. The minimum Gasteiger partial charge on any atom is -0.320 e. The number of hydrogen-bond donors (Lipinski definition) is 1. The molecule has 1 atom stereocenters. The summed E-state index contributed by atoms with van der Waals surface area (Å²) >= 11 is 0. The molecule has 0 spiro atoms. The number of aromatic amines is 1. The van der Waals surface area contributed by atoms with Gasteiger partial charge in [-0.1, -0.05) is 36.8 Å². The van der Waals surface area contributed by atoms with Crippen LogP contribution >= 0.6 is 0 Å². The Labute approximate surface area is 169 Å². The Kier molecular flexibility index (Phi) is 4.78. The smallest absolute Gasteiger partial charge is 0.257 e. The van der Waals surface area contributed by atoms with E-state index >= 15 is 0 Å². The number of pyridine rings is 2. The summed E-state index contributed by atoms with van der Waals surface area (Å²) in [7, 11) is 0. The van der Waals surface area contributed by atoms with E-state index in [4.69, 9.17) is 0 Å². The molecule has 29 heavy (non-hydrogen) atoms. The fourth-order valence-corrected chi connectivity index (χ4v) is 3.97. The number of rotatable bonds is 3. The number of hydrogen-bond acceptors (Lipinski definition) is 4. The number of hydrazone groups is 1. The molecule has 148 valence electrons. The first-order valence-corrected chi connectivity index (χ1v) is 9.85. The van der Waals surface area contributed by atoms with Crippen LogP contribution in [0.1, 0.15) is 53.8 Å². The number of carbonyl (C=O) groups excluding carboxylic acids is 1. The third kappa shape index (κ3) is 3.24. The summed E-state index contributed by atoms with van der Waals surface area (Å²) in [6.07, 6.45) is 2.61. The van der Waals surface area contributed by atoms with E-state index in [0.29, 0.717) is 24.1 Å². The van der Waals surface area contributed by atoms with Crippen molar-refractivity contribution in [1.82, 2.24) is 15.0 Å². The highest BCUT2D eigenvalue weighted by molar-refractivity contribution is 6.06. The zero-order valence-corrected chi connectivity index (χ0v) is 17.1. The molecular formula is C23H24N4O2. The highest BCUT2D eigenvalue weighted by Crippen LogP contribution is 2.34. The number of nitrogens with zero attached hydrogens (tertiary/aromatic N) is 3. The second-order valence-electron chi connectivity index (χ2n) is 7.54. The number of H-pyrrole nitrogens is 1. The number of amides is 1. The van der Waals surface area contributed by atoms with Gasteiger partial charge in [-0.15, -0.1) is 0 Å². The van der Waals surface area contributed by atoms with Crippen LogP contribution in [0.4, 0.5) is 0 Å². The zero-order chi connectivity index (χ0) is 20.7. The third-order valence-corrected chi connectivity index (χ3v) is 5.60. The zero-order valence-electron chi connectivity index (χ0n) is 17.1. The Morgan fingerprint density at radius 3 is 2.59 bits per heavy atom. The maximum Gasteiger partial charge on any atom is 0.257 e. The lowest BCUT2D eigenvalue weighted by molar-refractivity contribution is -0.132. The van der Waals surface area contributed by atoms with Crippen LogP contribution in [-0.2, 0) is 4.79 Å². The van der Waals surface area contributed by atoms with E-state index in [1.807, 2.05) is 58.0 Å². The second-order valence-corrected chi connectivity index (χ2v) is 7.54. The predicted octanol–water partition coefficient (Wildman–Crippen LogP) is 3.94. The summed E-state index contributed by atoms with van der Waals surface area (Å²) < 4.78 is 0. The van der Waals surface area contributed by atoms with Gasteiger partial charge >= 0.3 is 0 Å². The fourth-order valence-electron chi connectivity index (χ4n) is 3.97. The van der Waals surface area contributed by atoms with E-state index in [0.717, 1.165) is 33.3 Å². The molecule has 0 fully saturated rings. The Hall–Kier alpha value is -3.28. The third-order valence-electron chi connectivity index (χ3n) is 5.60. The molecule has 4 rings (SSSR count). The van der Waals surface area contributed by atoms with Gasteiger partial charge in [-0.25, -0.2) is 5.01 Å². The molecule has 0 bridgehead atoms. The highest BCUT2D eigenvalue weighted by atomic mass is 16.2. The van der Waals surface area contributed by atoms with Crippen LogP contribution in [0.2, 0.25) is 0 Å². The molecule has 6 nitrogen and oxygen atoms in total. The number of nitrogens with one attached hydrogen (secondary N) is 1. The first kappa shape index (κ1) is 19.1. The van der Waals surface area contributed by atoms with Crippen LogP contribution in [0, 0.1) is 20.8 Å². The number of aromatic nitrogens is 2. The maximum atomic E-state index is 13.0. The molecule has 1 aliphatic rings. The van der Waals surface area contributed by atoms with Crippen LogP contribution in [0.25, 0.3) is 10.9 Å². The van der Waals surface area contributed by atoms with Crippen molar-refractivity contribution in [3.8, 4) is 0 Å². The molecule has 3 heterocycles. The average molecular weight is 388 g/mol. The van der Waals surface area contributed by atoms with Crippen molar-refractivity contribution in [3.63, 3.8) is 0 Å². The van der Waals surface area contributed by atoms with Gasteiger partial charge in [0.15, 0.2) is 0 Å². The van der Waals surface area contributed by atoms with E-state index in [9.17, 15) is 9.59 Å². The Morgan fingerprint density at radius 2 is 1.90 bits per heavy atom. The quantitative estimate of drug-likeness (QED) is 0.738. The van der Waals surface area contributed by atoms with Gasteiger partial charge < -0.3 is 4.98 Å².